The number of aromatic nitrogens is 1. The van der Waals surface area contributed by atoms with E-state index in [-0.39, 0.29) is 11.9 Å². The van der Waals surface area contributed by atoms with E-state index in [1.54, 1.807) is 49.5 Å². The number of ether oxygens (including phenoxy) is 2. The average Bonchev–Trinajstić information content (AvgIpc) is 2.65. The SMILES string of the molecule is COC(=O)c1ccc(CCC(=O)N(C)c2ccc(OC)nc2)cc1. The normalized spacial score (nSPS) is 10.1. The van der Waals surface area contributed by atoms with Gasteiger partial charge in [0.1, 0.15) is 0 Å². The van der Waals surface area contributed by atoms with Gasteiger partial charge in [-0.2, -0.15) is 0 Å². The Morgan fingerprint density at radius 1 is 1.08 bits per heavy atom. The standard InChI is InChI=1S/C18H20N2O4/c1-20(15-9-10-16(23-2)19-12-15)17(21)11-6-13-4-7-14(8-5-13)18(22)24-3/h4-5,7-10,12H,6,11H2,1-3H3. The molecular weight excluding hydrogens is 308 g/mol. The van der Waals surface area contributed by atoms with Crippen molar-refractivity contribution in [2.24, 2.45) is 0 Å². The minimum absolute atomic E-state index is 0.0148. The molecule has 1 aromatic carbocycles. The van der Waals surface area contributed by atoms with Crippen LogP contribution < -0.4 is 9.64 Å². The second kappa shape index (κ2) is 8.10. The Hall–Kier alpha value is -2.89. The molecule has 2 rings (SSSR count). The third-order valence-corrected chi connectivity index (χ3v) is 3.69. The number of hydrogen-bond acceptors (Lipinski definition) is 5. The summed E-state index contributed by atoms with van der Waals surface area (Å²) in [6, 6.07) is 10.5. The summed E-state index contributed by atoms with van der Waals surface area (Å²) < 4.78 is 9.66. The Bertz CT molecular complexity index is 696. The van der Waals surface area contributed by atoms with Crippen LogP contribution in [0.15, 0.2) is 42.6 Å². The quantitative estimate of drug-likeness (QED) is 0.762. The maximum atomic E-state index is 12.3. The first-order valence-corrected chi connectivity index (χ1v) is 7.49. The Morgan fingerprint density at radius 2 is 1.79 bits per heavy atom. The highest BCUT2D eigenvalue weighted by Gasteiger charge is 2.12. The van der Waals surface area contributed by atoms with Crippen LogP contribution in [0.1, 0.15) is 22.3 Å². The van der Waals surface area contributed by atoms with Gasteiger partial charge in [-0.05, 0) is 30.2 Å². The first kappa shape index (κ1) is 17.5. The molecule has 0 aliphatic carbocycles. The molecular formula is C18H20N2O4. The van der Waals surface area contributed by atoms with E-state index >= 15 is 0 Å². The molecule has 2 aromatic rings. The minimum Gasteiger partial charge on any atom is -0.481 e. The highest BCUT2D eigenvalue weighted by molar-refractivity contribution is 5.92. The lowest BCUT2D eigenvalue weighted by molar-refractivity contribution is -0.118. The Kier molecular flexibility index (Phi) is 5.89. The summed E-state index contributed by atoms with van der Waals surface area (Å²) in [5.74, 6) is 0.119. The molecule has 0 spiro atoms. The number of esters is 1. The predicted molar refractivity (Wildman–Crippen MR) is 90.3 cm³/mol. The van der Waals surface area contributed by atoms with E-state index in [1.807, 2.05) is 12.1 Å². The second-order valence-electron chi connectivity index (χ2n) is 5.20. The zero-order valence-corrected chi connectivity index (χ0v) is 14.0. The lowest BCUT2D eigenvalue weighted by Gasteiger charge is -2.17. The molecule has 24 heavy (non-hydrogen) atoms. The molecule has 0 N–H and O–H groups in total. The number of methoxy groups -OCH3 is 2. The van der Waals surface area contributed by atoms with Crippen LogP contribution in [0.4, 0.5) is 5.69 Å². The third-order valence-electron chi connectivity index (χ3n) is 3.69. The summed E-state index contributed by atoms with van der Waals surface area (Å²) in [5.41, 5.74) is 2.19. The van der Waals surface area contributed by atoms with Crippen LogP contribution in [-0.4, -0.2) is 38.1 Å². The van der Waals surface area contributed by atoms with Gasteiger partial charge in [0.25, 0.3) is 0 Å². The molecule has 6 nitrogen and oxygen atoms in total. The zero-order valence-electron chi connectivity index (χ0n) is 14.0. The third kappa shape index (κ3) is 4.32. The van der Waals surface area contributed by atoms with Gasteiger partial charge >= 0.3 is 5.97 Å². The van der Waals surface area contributed by atoms with Crippen LogP contribution in [-0.2, 0) is 16.0 Å². The monoisotopic (exact) mass is 328 g/mol. The van der Waals surface area contributed by atoms with E-state index in [0.29, 0.717) is 30.0 Å². The van der Waals surface area contributed by atoms with E-state index < -0.39 is 0 Å². The van der Waals surface area contributed by atoms with Gasteiger partial charge in [0.05, 0.1) is 31.7 Å². The van der Waals surface area contributed by atoms with Gasteiger partial charge < -0.3 is 14.4 Å². The van der Waals surface area contributed by atoms with Gasteiger partial charge in [0, 0.05) is 19.5 Å². The van der Waals surface area contributed by atoms with Crippen molar-refractivity contribution in [2.75, 3.05) is 26.2 Å². The molecule has 1 aromatic heterocycles. The number of benzene rings is 1. The van der Waals surface area contributed by atoms with Crippen LogP contribution >= 0.6 is 0 Å². The Labute approximate surface area is 141 Å². The van der Waals surface area contributed by atoms with Crippen molar-refractivity contribution < 1.29 is 19.1 Å². The van der Waals surface area contributed by atoms with Gasteiger partial charge in [-0.15, -0.1) is 0 Å². The topological polar surface area (TPSA) is 68.7 Å². The van der Waals surface area contributed by atoms with E-state index in [0.717, 1.165) is 5.56 Å². The summed E-state index contributed by atoms with van der Waals surface area (Å²) in [7, 11) is 4.60. The van der Waals surface area contributed by atoms with E-state index in [4.69, 9.17) is 4.74 Å². The highest BCUT2D eigenvalue weighted by atomic mass is 16.5. The molecule has 0 aliphatic heterocycles. The summed E-state index contributed by atoms with van der Waals surface area (Å²) in [4.78, 5) is 29.3. The smallest absolute Gasteiger partial charge is 0.337 e. The molecule has 126 valence electrons. The summed E-state index contributed by atoms with van der Waals surface area (Å²) in [5, 5.41) is 0. The summed E-state index contributed by atoms with van der Waals surface area (Å²) in [6.45, 7) is 0. The minimum atomic E-state index is -0.371. The van der Waals surface area contributed by atoms with E-state index in [1.165, 1.54) is 7.11 Å². The van der Waals surface area contributed by atoms with Crippen molar-refractivity contribution in [3.05, 3.63) is 53.7 Å². The fourth-order valence-corrected chi connectivity index (χ4v) is 2.18. The predicted octanol–water partition coefficient (Wildman–Crippen LogP) is 2.47. The van der Waals surface area contributed by atoms with Crippen molar-refractivity contribution in [3.8, 4) is 5.88 Å². The summed E-state index contributed by atoms with van der Waals surface area (Å²) in [6.07, 6.45) is 2.55. The number of rotatable bonds is 6. The Morgan fingerprint density at radius 3 is 2.33 bits per heavy atom. The van der Waals surface area contributed by atoms with Crippen molar-refractivity contribution in [3.63, 3.8) is 0 Å². The summed E-state index contributed by atoms with van der Waals surface area (Å²) >= 11 is 0. The van der Waals surface area contributed by atoms with Crippen molar-refractivity contribution in [2.45, 2.75) is 12.8 Å². The number of carbonyl (C=O) groups excluding carboxylic acids is 2. The van der Waals surface area contributed by atoms with Gasteiger partial charge in [0.15, 0.2) is 0 Å². The van der Waals surface area contributed by atoms with Gasteiger partial charge in [0.2, 0.25) is 11.8 Å². The number of pyridine rings is 1. The molecule has 0 bridgehead atoms. The first-order valence-electron chi connectivity index (χ1n) is 7.49. The van der Waals surface area contributed by atoms with Crippen LogP contribution in [0.5, 0.6) is 5.88 Å². The number of nitrogens with zero attached hydrogens (tertiary/aromatic N) is 2. The lowest BCUT2D eigenvalue weighted by Crippen LogP contribution is -2.26. The van der Waals surface area contributed by atoms with Gasteiger partial charge in [-0.1, -0.05) is 12.1 Å². The second-order valence-corrected chi connectivity index (χ2v) is 5.20. The highest BCUT2D eigenvalue weighted by Crippen LogP contribution is 2.16. The number of hydrogen-bond donors (Lipinski definition) is 0. The largest absolute Gasteiger partial charge is 0.481 e. The molecule has 0 fully saturated rings. The molecule has 0 radical (unpaired) electrons. The van der Waals surface area contributed by atoms with E-state index in [9.17, 15) is 9.59 Å². The average molecular weight is 328 g/mol. The van der Waals surface area contributed by atoms with Crippen molar-refractivity contribution in [1.82, 2.24) is 4.98 Å². The number of carbonyl (C=O) groups is 2. The lowest BCUT2D eigenvalue weighted by atomic mass is 10.1. The molecule has 6 heteroatoms. The maximum Gasteiger partial charge on any atom is 0.337 e. The molecule has 0 unspecified atom stereocenters. The molecule has 1 heterocycles. The van der Waals surface area contributed by atoms with Crippen LogP contribution in [0.25, 0.3) is 0 Å². The van der Waals surface area contributed by atoms with Crippen LogP contribution in [0.3, 0.4) is 0 Å². The Balaban J connectivity index is 1.93. The zero-order chi connectivity index (χ0) is 17.5. The van der Waals surface area contributed by atoms with Crippen LogP contribution in [0, 0.1) is 0 Å². The van der Waals surface area contributed by atoms with E-state index in [2.05, 4.69) is 9.72 Å². The van der Waals surface area contributed by atoms with Crippen molar-refractivity contribution in [1.29, 1.82) is 0 Å². The molecule has 0 aliphatic rings. The number of aryl methyl sites for hydroxylation is 1. The van der Waals surface area contributed by atoms with Gasteiger partial charge in [-0.25, -0.2) is 9.78 Å². The fraction of sp³-hybridized carbons (Fsp3) is 0.278. The van der Waals surface area contributed by atoms with Crippen LogP contribution in [0.2, 0.25) is 0 Å². The fourth-order valence-electron chi connectivity index (χ4n) is 2.18. The molecule has 0 saturated carbocycles. The number of amides is 1. The first-order chi connectivity index (χ1) is 11.5. The molecule has 1 amide bonds. The van der Waals surface area contributed by atoms with Crippen molar-refractivity contribution >= 4 is 17.6 Å². The number of anilines is 1. The molecule has 0 atom stereocenters. The maximum absolute atomic E-state index is 12.3. The van der Waals surface area contributed by atoms with Gasteiger partial charge in [-0.3, -0.25) is 4.79 Å². The molecule has 0 saturated heterocycles.